The lowest BCUT2D eigenvalue weighted by molar-refractivity contribution is -0.141. The Morgan fingerprint density at radius 3 is 2.27 bits per heavy atom. The molecule has 0 unspecified atom stereocenters. The maximum Gasteiger partial charge on any atom is 0.434 e. The van der Waals surface area contributed by atoms with Gasteiger partial charge in [-0.05, 0) is 28.7 Å². The van der Waals surface area contributed by atoms with Gasteiger partial charge in [0.05, 0.1) is 5.56 Å². The number of hydrogen-bond acceptors (Lipinski definition) is 1. The average Bonchev–Trinajstić information content (AvgIpc) is 2.06. The van der Waals surface area contributed by atoms with E-state index in [-0.39, 0.29) is 0 Å². The summed E-state index contributed by atoms with van der Waals surface area (Å²) in [4.78, 5) is 2.92. The Kier molecular flexibility index (Phi) is 3.75. The molecule has 84 valence electrons. The summed E-state index contributed by atoms with van der Waals surface area (Å²) in [6.45, 7) is 0. The fraction of sp³-hybridized carbons (Fsp3) is 0.286. The van der Waals surface area contributed by atoms with Crippen LogP contribution in [0.5, 0.6) is 0 Å². The fourth-order valence-corrected chi connectivity index (χ4v) is 1.82. The van der Waals surface area contributed by atoms with Gasteiger partial charge in [0.2, 0.25) is 0 Å². The van der Waals surface area contributed by atoms with Crippen molar-refractivity contribution in [2.24, 2.45) is 0 Å². The Balaban J connectivity index is 3.32. The third kappa shape index (κ3) is 2.90. The minimum Gasteiger partial charge on any atom is -0.230 e. The summed E-state index contributed by atoms with van der Waals surface area (Å²) in [5, 5.41) is -0.822. The van der Waals surface area contributed by atoms with Gasteiger partial charge in [-0.3, -0.25) is 0 Å². The predicted molar refractivity (Wildman–Crippen MR) is 51.9 cm³/mol. The standard InChI is InChI=1S/C7H2ClF5IN/c8-5-2(6(9)10)1-3(14)4(15-5)7(11,12)13/h1,6H. The molecule has 0 aliphatic rings. The lowest BCUT2D eigenvalue weighted by Gasteiger charge is -2.10. The summed E-state index contributed by atoms with van der Waals surface area (Å²) in [6, 6.07) is 0.684. The summed E-state index contributed by atoms with van der Waals surface area (Å²) in [5.41, 5.74) is -1.95. The van der Waals surface area contributed by atoms with E-state index < -0.39 is 32.6 Å². The van der Waals surface area contributed by atoms with Crippen molar-refractivity contribution in [1.82, 2.24) is 4.98 Å². The Bertz CT molecular complexity index is 378. The highest BCUT2D eigenvalue weighted by Crippen LogP contribution is 2.35. The second-order valence-corrected chi connectivity index (χ2v) is 4.02. The zero-order valence-corrected chi connectivity index (χ0v) is 9.66. The van der Waals surface area contributed by atoms with Gasteiger partial charge in [0.25, 0.3) is 6.43 Å². The van der Waals surface area contributed by atoms with E-state index in [1.807, 2.05) is 0 Å². The van der Waals surface area contributed by atoms with E-state index in [0.717, 1.165) is 0 Å². The molecule has 0 radical (unpaired) electrons. The lowest BCUT2D eigenvalue weighted by atomic mass is 10.2. The molecular formula is C7H2ClF5IN. The van der Waals surface area contributed by atoms with Crippen molar-refractivity contribution >= 4 is 34.2 Å². The average molecular weight is 357 g/mol. The van der Waals surface area contributed by atoms with Crippen molar-refractivity contribution in [3.8, 4) is 0 Å². The van der Waals surface area contributed by atoms with Gasteiger partial charge >= 0.3 is 6.18 Å². The van der Waals surface area contributed by atoms with Crippen molar-refractivity contribution in [1.29, 1.82) is 0 Å². The van der Waals surface area contributed by atoms with E-state index in [9.17, 15) is 22.0 Å². The van der Waals surface area contributed by atoms with E-state index in [1.54, 1.807) is 0 Å². The molecule has 1 aromatic rings. The molecule has 0 amide bonds. The van der Waals surface area contributed by atoms with Crippen molar-refractivity contribution in [2.75, 3.05) is 0 Å². The summed E-state index contributed by atoms with van der Waals surface area (Å²) in [7, 11) is 0. The normalized spacial score (nSPS) is 12.3. The van der Waals surface area contributed by atoms with E-state index in [0.29, 0.717) is 6.07 Å². The van der Waals surface area contributed by atoms with Gasteiger partial charge in [0, 0.05) is 3.57 Å². The van der Waals surface area contributed by atoms with Crippen LogP contribution >= 0.6 is 34.2 Å². The first-order valence-corrected chi connectivity index (χ1v) is 4.90. The van der Waals surface area contributed by atoms with Crippen molar-refractivity contribution < 1.29 is 22.0 Å². The van der Waals surface area contributed by atoms with Crippen molar-refractivity contribution in [2.45, 2.75) is 12.6 Å². The molecule has 15 heavy (non-hydrogen) atoms. The second-order valence-electron chi connectivity index (χ2n) is 2.50. The Morgan fingerprint density at radius 1 is 1.33 bits per heavy atom. The van der Waals surface area contributed by atoms with E-state index >= 15 is 0 Å². The third-order valence-corrected chi connectivity index (χ3v) is 2.59. The molecular weight excluding hydrogens is 355 g/mol. The van der Waals surface area contributed by atoms with Crippen LogP contribution in [0.25, 0.3) is 0 Å². The van der Waals surface area contributed by atoms with Crippen LogP contribution in [0.2, 0.25) is 5.15 Å². The highest BCUT2D eigenvalue weighted by atomic mass is 127. The van der Waals surface area contributed by atoms with E-state index in [4.69, 9.17) is 11.6 Å². The van der Waals surface area contributed by atoms with Gasteiger partial charge < -0.3 is 0 Å². The van der Waals surface area contributed by atoms with Crippen LogP contribution < -0.4 is 0 Å². The monoisotopic (exact) mass is 357 g/mol. The first-order chi connectivity index (χ1) is 6.73. The number of nitrogens with zero attached hydrogens (tertiary/aromatic N) is 1. The van der Waals surface area contributed by atoms with E-state index in [1.165, 1.54) is 22.6 Å². The molecule has 1 aromatic heterocycles. The molecule has 0 aliphatic carbocycles. The summed E-state index contributed by atoms with van der Waals surface area (Å²) in [5.74, 6) is 0. The van der Waals surface area contributed by atoms with Crippen molar-refractivity contribution in [3.05, 3.63) is 26.0 Å². The quantitative estimate of drug-likeness (QED) is 0.415. The molecule has 0 bridgehead atoms. The smallest absolute Gasteiger partial charge is 0.230 e. The molecule has 1 heterocycles. The zero-order valence-electron chi connectivity index (χ0n) is 6.75. The van der Waals surface area contributed by atoms with Gasteiger partial charge in [-0.2, -0.15) is 13.2 Å². The summed E-state index contributed by atoms with van der Waals surface area (Å²) >= 11 is 6.49. The van der Waals surface area contributed by atoms with Gasteiger partial charge in [-0.1, -0.05) is 11.6 Å². The van der Waals surface area contributed by atoms with Gasteiger partial charge in [-0.25, -0.2) is 13.8 Å². The van der Waals surface area contributed by atoms with Crippen LogP contribution in [0.15, 0.2) is 6.07 Å². The van der Waals surface area contributed by atoms with Crippen LogP contribution in [0, 0.1) is 3.57 Å². The molecule has 0 atom stereocenters. The largest absolute Gasteiger partial charge is 0.434 e. The molecule has 0 saturated heterocycles. The van der Waals surface area contributed by atoms with Crippen LogP contribution in [0.3, 0.4) is 0 Å². The Hall–Kier alpha value is -0.180. The highest BCUT2D eigenvalue weighted by Gasteiger charge is 2.36. The van der Waals surface area contributed by atoms with Crippen LogP contribution in [-0.4, -0.2) is 4.98 Å². The number of rotatable bonds is 1. The predicted octanol–water partition coefficient (Wildman–Crippen LogP) is 4.30. The van der Waals surface area contributed by atoms with Gasteiger partial charge in [0.1, 0.15) is 5.15 Å². The third-order valence-electron chi connectivity index (χ3n) is 1.46. The van der Waals surface area contributed by atoms with Gasteiger partial charge in [0.15, 0.2) is 5.69 Å². The lowest BCUT2D eigenvalue weighted by Crippen LogP contribution is -2.11. The molecule has 0 spiro atoms. The molecule has 0 aromatic carbocycles. The SMILES string of the molecule is FC(F)c1cc(I)c(C(F)(F)F)nc1Cl. The number of alkyl halides is 5. The van der Waals surface area contributed by atoms with E-state index in [2.05, 4.69) is 4.98 Å². The highest BCUT2D eigenvalue weighted by molar-refractivity contribution is 14.1. The first kappa shape index (κ1) is 12.9. The molecule has 8 heteroatoms. The molecule has 1 nitrogen and oxygen atoms in total. The second kappa shape index (κ2) is 4.36. The topological polar surface area (TPSA) is 12.9 Å². The number of aromatic nitrogens is 1. The summed E-state index contributed by atoms with van der Waals surface area (Å²) in [6.07, 6.45) is -7.64. The number of halogens is 7. The van der Waals surface area contributed by atoms with Crippen molar-refractivity contribution in [3.63, 3.8) is 0 Å². The van der Waals surface area contributed by atoms with Gasteiger partial charge in [-0.15, -0.1) is 0 Å². The fourth-order valence-electron chi connectivity index (χ4n) is 0.832. The number of hydrogen-bond donors (Lipinski definition) is 0. The molecule has 1 rings (SSSR count). The van der Waals surface area contributed by atoms with Crippen LogP contribution in [-0.2, 0) is 6.18 Å². The minimum absolute atomic E-state index is 0.403. The first-order valence-electron chi connectivity index (χ1n) is 3.44. The molecule has 0 fully saturated rings. The van der Waals surface area contributed by atoms with Crippen LogP contribution in [0.4, 0.5) is 22.0 Å². The minimum atomic E-state index is -4.69. The summed E-state index contributed by atoms with van der Waals surface area (Å²) < 4.78 is 60.8. The van der Waals surface area contributed by atoms with Crippen LogP contribution in [0.1, 0.15) is 17.7 Å². The number of pyridine rings is 1. The molecule has 0 saturated carbocycles. The Morgan fingerprint density at radius 2 is 1.87 bits per heavy atom. The molecule has 0 aliphatic heterocycles. The Labute approximate surface area is 99.8 Å². The molecule has 0 N–H and O–H groups in total. The zero-order chi connectivity index (χ0) is 11.8. The maximum absolute atomic E-state index is 12.2. The maximum atomic E-state index is 12.2.